The number of anilines is 1. The quantitative estimate of drug-likeness (QED) is 0.823. The Hall–Kier alpha value is -1.35. The molecule has 1 aromatic carbocycles. The summed E-state index contributed by atoms with van der Waals surface area (Å²) in [6.45, 7) is 2.43. The van der Waals surface area contributed by atoms with E-state index in [1.54, 1.807) is 11.3 Å². The summed E-state index contributed by atoms with van der Waals surface area (Å²) in [5, 5.41) is 0. The molecule has 0 unspecified atom stereocenters. The lowest BCUT2D eigenvalue weighted by Gasteiger charge is -2.17. The van der Waals surface area contributed by atoms with Gasteiger partial charge in [-0.25, -0.2) is 0 Å². The summed E-state index contributed by atoms with van der Waals surface area (Å²) >= 11 is 1.73. The summed E-state index contributed by atoms with van der Waals surface area (Å²) in [5.41, 5.74) is 4.64. The number of rotatable bonds is 3. The maximum absolute atomic E-state index is 4.11. The lowest BCUT2D eigenvalue weighted by Crippen LogP contribution is -2.17. The van der Waals surface area contributed by atoms with Crippen LogP contribution in [0, 0.1) is 0 Å². The van der Waals surface area contributed by atoms with Crippen LogP contribution in [0.2, 0.25) is 0 Å². The molecule has 3 heteroatoms. The van der Waals surface area contributed by atoms with Crippen molar-refractivity contribution in [1.82, 2.24) is 4.98 Å². The molecular weight excluding hydrogens is 228 g/mol. The van der Waals surface area contributed by atoms with Gasteiger partial charge in [0.15, 0.2) is 0 Å². The fourth-order valence-electron chi connectivity index (χ4n) is 2.33. The van der Waals surface area contributed by atoms with Crippen LogP contribution in [0.15, 0.2) is 36.0 Å². The third-order valence-electron chi connectivity index (χ3n) is 3.27. The van der Waals surface area contributed by atoms with Gasteiger partial charge >= 0.3 is 0 Å². The van der Waals surface area contributed by atoms with E-state index in [-0.39, 0.29) is 0 Å². The maximum atomic E-state index is 4.11. The molecule has 1 aliphatic rings. The highest BCUT2D eigenvalue weighted by molar-refractivity contribution is 7.09. The number of nitrogens with zero attached hydrogens (tertiary/aromatic N) is 2. The van der Waals surface area contributed by atoms with Crippen molar-refractivity contribution in [3.05, 3.63) is 46.4 Å². The summed E-state index contributed by atoms with van der Waals surface area (Å²) in [6, 6.07) is 8.99. The van der Waals surface area contributed by atoms with Gasteiger partial charge in [0.2, 0.25) is 0 Å². The van der Waals surface area contributed by atoms with Crippen LogP contribution in [0.1, 0.15) is 23.3 Å². The van der Waals surface area contributed by atoms with Crippen molar-refractivity contribution in [3.63, 3.8) is 0 Å². The molecule has 2 heterocycles. The standard InChI is InChI=1S/C14H16N2S/c1-2-8-16(7-1)13-5-3-12(4-6-13)9-14-10-15-11-17-14/h3-6,10-11H,1-2,7-9H2. The number of aromatic nitrogens is 1. The van der Waals surface area contributed by atoms with Crippen LogP contribution in [-0.4, -0.2) is 18.1 Å². The molecule has 1 aromatic heterocycles. The Morgan fingerprint density at radius 1 is 1.12 bits per heavy atom. The van der Waals surface area contributed by atoms with Gasteiger partial charge in [0, 0.05) is 36.3 Å². The first kappa shape index (κ1) is 10.8. The first-order valence-electron chi connectivity index (χ1n) is 6.13. The van der Waals surface area contributed by atoms with Crippen molar-refractivity contribution in [3.8, 4) is 0 Å². The van der Waals surface area contributed by atoms with Crippen molar-refractivity contribution < 1.29 is 0 Å². The minimum absolute atomic E-state index is 1.00. The van der Waals surface area contributed by atoms with Crippen molar-refractivity contribution in [2.75, 3.05) is 18.0 Å². The van der Waals surface area contributed by atoms with E-state index in [1.165, 1.54) is 42.1 Å². The number of benzene rings is 1. The molecule has 1 fully saturated rings. The molecule has 0 amide bonds. The number of thiazole rings is 1. The molecule has 88 valence electrons. The lowest BCUT2D eigenvalue weighted by atomic mass is 10.1. The Bertz CT molecular complexity index is 455. The van der Waals surface area contributed by atoms with Gasteiger partial charge in [-0.15, -0.1) is 11.3 Å². The fraction of sp³-hybridized carbons (Fsp3) is 0.357. The molecule has 0 N–H and O–H groups in total. The van der Waals surface area contributed by atoms with Gasteiger partial charge in [-0.3, -0.25) is 4.98 Å². The molecule has 2 aromatic rings. The van der Waals surface area contributed by atoms with Gasteiger partial charge in [-0.1, -0.05) is 12.1 Å². The Balaban J connectivity index is 1.71. The van der Waals surface area contributed by atoms with E-state index in [1.807, 2.05) is 11.7 Å². The minimum Gasteiger partial charge on any atom is -0.372 e. The molecule has 0 saturated carbocycles. The van der Waals surface area contributed by atoms with E-state index in [0.717, 1.165) is 6.42 Å². The highest BCUT2D eigenvalue weighted by Gasteiger charge is 2.11. The summed E-state index contributed by atoms with van der Waals surface area (Å²) in [7, 11) is 0. The van der Waals surface area contributed by atoms with E-state index < -0.39 is 0 Å². The fourth-order valence-corrected chi connectivity index (χ4v) is 2.96. The lowest BCUT2D eigenvalue weighted by molar-refractivity contribution is 0.949. The van der Waals surface area contributed by atoms with E-state index in [9.17, 15) is 0 Å². The van der Waals surface area contributed by atoms with Gasteiger partial charge in [-0.05, 0) is 30.5 Å². The zero-order chi connectivity index (χ0) is 11.5. The molecular formula is C14H16N2S. The van der Waals surface area contributed by atoms with Crippen LogP contribution in [-0.2, 0) is 6.42 Å². The van der Waals surface area contributed by atoms with Gasteiger partial charge < -0.3 is 4.90 Å². The largest absolute Gasteiger partial charge is 0.372 e. The van der Waals surface area contributed by atoms with Crippen molar-refractivity contribution in [2.45, 2.75) is 19.3 Å². The summed E-state index contributed by atoms with van der Waals surface area (Å²) in [5.74, 6) is 0. The maximum Gasteiger partial charge on any atom is 0.0794 e. The summed E-state index contributed by atoms with van der Waals surface area (Å²) in [4.78, 5) is 7.91. The Labute approximate surface area is 106 Å². The first-order chi connectivity index (χ1) is 8.42. The zero-order valence-corrected chi connectivity index (χ0v) is 10.6. The topological polar surface area (TPSA) is 16.1 Å². The molecule has 1 aliphatic heterocycles. The van der Waals surface area contributed by atoms with Crippen molar-refractivity contribution >= 4 is 17.0 Å². The third kappa shape index (κ3) is 2.50. The predicted octanol–water partition coefficient (Wildman–Crippen LogP) is 3.33. The van der Waals surface area contributed by atoms with E-state index in [0.29, 0.717) is 0 Å². The smallest absolute Gasteiger partial charge is 0.0794 e. The second kappa shape index (κ2) is 4.88. The minimum atomic E-state index is 1.00. The molecule has 0 aliphatic carbocycles. The third-order valence-corrected chi connectivity index (χ3v) is 4.05. The highest BCUT2D eigenvalue weighted by atomic mass is 32.1. The molecule has 17 heavy (non-hydrogen) atoms. The summed E-state index contributed by atoms with van der Waals surface area (Å²) in [6.07, 6.45) is 5.63. The zero-order valence-electron chi connectivity index (χ0n) is 9.80. The second-order valence-corrected chi connectivity index (χ2v) is 5.48. The Kier molecular flexibility index (Phi) is 3.10. The molecule has 1 saturated heterocycles. The van der Waals surface area contributed by atoms with Crippen LogP contribution in [0.3, 0.4) is 0 Å². The van der Waals surface area contributed by atoms with E-state index in [4.69, 9.17) is 0 Å². The first-order valence-corrected chi connectivity index (χ1v) is 7.01. The van der Waals surface area contributed by atoms with Gasteiger partial charge in [0.05, 0.1) is 5.51 Å². The van der Waals surface area contributed by atoms with Gasteiger partial charge in [0.1, 0.15) is 0 Å². The Morgan fingerprint density at radius 3 is 2.53 bits per heavy atom. The molecule has 3 rings (SSSR count). The molecule has 0 bridgehead atoms. The molecule has 2 nitrogen and oxygen atoms in total. The number of hydrogen-bond donors (Lipinski definition) is 0. The van der Waals surface area contributed by atoms with E-state index >= 15 is 0 Å². The van der Waals surface area contributed by atoms with Crippen LogP contribution >= 0.6 is 11.3 Å². The van der Waals surface area contributed by atoms with Crippen LogP contribution in [0.5, 0.6) is 0 Å². The molecule has 0 radical (unpaired) electrons. The van der Waals surface area contributed by atoms with Crippen molar-refractivity contribution in [2.24, 2.45) is 0 Å². The van der Waals surface area contributed by atoms with E-state index in [2.05, 4.69) is 34.1 Å². The monoisotopic (exact) mass is 244 g/mol. The van der Waals surface area contributed by atoms with Crippen LogP contribution in [0.4, 0.5) is 5.69 Å². The van der Waals surface area contributed by atoms with Gasteiger partial charge in [0.25, 0.3) is 0 Å². The van der Waals surface area contributed by atoms with Crippen molar-refractivity contribution in [1.29, 1.82) is 0 Å². The molecule has 0 spiro atoms. The van der Waals surface area contributed by atoms with Gasteiger partial charge in [-0.2, -0.15) is 0 Å². The molecule has 0 atom stereocenters. The normalized spacial score (nSPS) is 15.4. The average Bonchev–Trinajstić information content (AvgIpc) is 3.01. The Morgan fingerprint density at radius 2 is 1.88 bits per heavy atom. The van der Waals surface area contributed by atoms with Crippen LogP contribution < -0.4 is 4.90 Å². The average molecular weight is 244 g/mol. The SMILES string of the molecule is c1ncc(Cc2ccc(N3CCCC3)cc2)s1. The number of hydrogen-bond acceptors (Lipinski definition) is 3. The highest BCUT2D eigenvalue weighted by Crippen LogP contribution is 2.21. The summed E-state index contributed by atoms with van der Waals surface area (Å²) < 4.78 is 0. The van der Waals surface area contributed by atoms with Crippen LogP contribution in [0.25, 0.3) is 0 Å². The second-order valence-electron chi connectivity index (χ2n) is 4.51. The predicted molar refractivity (Wildman–Crippen MR) is 72.8 cm³/mol.